The van der Waals surface area contributed by atoms with E-state index in [1.165, 1.54) is 0 Å². The lowest BCUT2D eigenvalue weighted by atomic mass is 9.79. The number of primary amides is 1. The Morgan fingerprint density at radius 1 is 1.11 bits per heavy atom. The molecule has 1 amide bonds. The van der Waals surface area contributed by atoms with Crippen molar-refractivity contribution in [2.75, 3.05) is 0 Å². The molecule has 19 heavy (non-hydrogen) atoms. The minimum Gasteiger partial charge on any atom is -0.411 e. The van der Waals surface area contributed by atoms with Crippen LogP contribution in [-0.2, 0) is 9.31 Å². The van der Waals surface area contributed by atoms with Gasteiger partial charge in [-0.25, -0.2) is 4.79 Å². The Morgan fingerprint density at radius 3 is 2.00 bits per heavy atom. The van der Waals surface area contributed by atoms with Gasteiger partial charge in [-0.1, -0.05) is 12.1 Å². The summed E-state index contributed by atoms with van der Waals surface area (Å²) in [5.74, 6) is 0.396. The van der Waals surface area contributed by atoms with E-state index >= 15 is 0 Å². The standard InChI is InChI=1S/C13H18BNO4/c1-12(2)13(3,4)19-14(18-12)9-5-7-10(8-6-9)17-11(15)16/h5-8H,1-4H3,(H2,15,16). The van der Waals surface area contributed by atoms with Crippen LogP contribution in [0.3, 0.4) is 0 Å². The van der Waals surface area contributed by atoms with Crippen molar-refractivity contribution in [3.8, 4) is 5.75 Å². The van der Waals surface area contributed by atoms with Crippen LogP contribution in [0.2, 0.25) is 0 Å². The lowest BCUT2D eigenvalue weighted by Gasteiger charge is -2.32. The molecule has 0 aliphatic carbocycles. The predicted octanol–water partition coefficient (Wildman–Crippen LogP) is 1.44. The number of carbonyl (C=O) groups excluding carboxylic acids is 1. The highest BCUT2D eigenvalue weighted by atomic mass is 16.7. The highest BCUT2D eigenvalue weighted by molar-refractivity contribution is 6.62. The molecule has 1 fully saturated rings. The van der Waals surface area contributed by atoms with Crippen molar-refractivity contribution in [2.24, 2.45) is 5.73 Å². The fraction of sp³-hybridized carbons (Fsp3) is 0.462. The molecule has 1 aliphatic rings. The largest absolute Gasteiger partial charge is 0.494 e. The lowest BCUT2D eigenvalue weighted by Crippen LogP contribution is -2.41. The van der Waals surface area contributed by atoms with Gasteiger partial charge in [-0.3, -0.25) is 0 Å². The molecule has 1 aromatic rings. The molecule has 1 heterocycles. The maximum absolute atomic E-state index is 10.6. The first-order chi connectivity index (χ1) is 8.71. The van der Waals surface area contributed by atoms with E-state index in [1.54, 1.807) is 24.3 Å². The van der Waals surface area contributed by atoms with E-state index < -0.39 is 13.2 Å². The summed E-state index contributed by atoms with van der Waals surface area (Å²) in [5.41, 5.74) is 5.07. The summed E-state index contributed by atoms with van der Waals surface area (Å²) in [6, 6.07) is 6.90. The molecule has 0 bridgehead atoms. The number of rotatable bonds is 2. The maximum atomic E-state index is 10.6. The Hall–Kier alpha value is -1.53. The molecule has 6 heteroatoms. The summed E-state index contributed by atoms with van der Waals surface area (Å²) in [6.45, 7) is 7.99. The summed E-state index contributed by atoms with van der Waals surface area (Å²) in [4.78, 5) is 10.6. The van der Waals surface area contributed by atoms with E-state index in [0.717, 1.165) is 5.46 Å². The maximum Gasteiger partial charge on any atom is 0.494 e. The number of hydrogen-bond donors (Lipinski definition) is 1. The molecule has 2 rings (SSSR count). The molecule has 0 saturated carbocycles. The highest BCUT2D eigenvalue weighted by Gasteiger charge is 2.51. The van der Waals surface area contributed by atoms with E-state index in [-0.39, 0.29) is 11.2 Å². The van der Waals surface area contributed by atoms with Crippen molar-refractivity contribution in [3.05, 3.63) is 24.3 Å². The van der Waals surface area contributed by atoms with Crippen molar-refractivity contribution in [1.82, 2.24) is 0 Å². The normalized spacial score (nSPS) is 20.3. The zero-order chi connectivity index (χ0) is 14.3. The SMILES string of the molecule is CC1(C)OB(c2ccc(OC(N)=O)cc2)OC1(C)C. The Bertz CT molecular complexity index is 468. The highest BCUT2D eigenvalue weighted by Crippen LogP contribution is 2.36. The summed E-state index contributed by atoms with van der Waals surface area (Å²) >= 11 is 0. The Morgan fingerprint density at radius 2 is 1.58 bits per heavy atom. The van der Waals surface area contributed by atoms with Gasteiger partial charge in [-0.15, -0.1) is 0 Å². The second-order valence-corrected chi connectivity index (χ2v) is 5.58. The van der Waals surface area contributed by atoms with Gasteiger partial charge in [0.05, 0.1) is 11.2 Å². The van der Waals surface area contributed by atoms with Gasteiger partial charge in [0.2, 0.25) is 0 Å². The minimum atomic E-state index is -0.830. The van der Waals surface area contributed by atoms with Gasteiger partial charge in [0, 0.05) is 0 Å². The zero-order valence-corrected chi connectivity index (χ0v) is 11.6. The topological polar surface area (TPSA) is 70.8 Å². The van der Waals surface area contributed by atoms with E-state index in [9.17, 15) is 4.79 Å². The van der Waals surface area contributed by atoms with E-state index in [2.05, 4.69) is 0 Å². The molecule has 0 atom stereocenters. The van der Waals surface area contributed by atoms with Crippen LogP contribution in [0.4, 0.5) is 4.79 Å². The lowest BCUT2D eigenvalue weighted by molar-refractivity contribution is 0.00578. The fourth-order valence-electron chi connectivity index (χ4n) is 1.79. The second kappa shape index (κ2) is 4.54. The van der Waals surface area contributed by atoms with Crippen LogP contribution in [0.25, 0.3) is 0 Å². The van der Waals surface area contributed by atoms with Crippen LogP contribution >= 0.6 is 0 Å². The average Bonchev–Trinajstić information content (AvgIpc) is 2.48. The number of benzene rings is 1. The first-order valence-corrected chi connectivity index (χ1v) is 6.14. The van der Waals surface area contributed by atoms with Gasteiger partial charge >= 0.3 is 13.2 Å². The van der Waals surface area contributed by atoms with E-state index in [0.29, 0.717) is 5.75 Å². The number of hydrogen-bond acceptors (Lipinski definition) is 4. The van der Waals surface area contributed by atoms with Crippen LogP contribution in [0.15, 0.2) is 24.3 Å². The van der Waals surface area contributed by atoms with Gasteiger partial charge in [-0.2, -0.15) is 0 Å². The smallest absolute Gasteiger partial charge is 0.411 e. The van der Waals surface area contributed by atoms with Crippen LogP contribution in [0.5, 0.6) is 5.75 Å². The molecule has 0 aromatic heterocycles. The Balaban J connectivity index is 2.14. The molecule has 0 spiro atoms. The minimum absolute atomic E-state index is 0.375. The third kappa shape index (κ3) is 2.74. The monoisotopic (exact) mass is 263 g/mol. The molecular weight excluding hydrogens is 245 g/mol. The van der Waals surface area contributed by atoms with Gasteiger partial charge in [-0.05, 0) is 45.3 Å². The van der Waals surface area contributed by atoms with Gasteiger partial charge < -0.3 is 19.8 Å². The number of carbonyl (C=O) groups is 1. The molecule has 0 unspecified atom stereocenters. The van der Waals surface area contributed by atoms with Crippen LogP contribution in [0.1, 0.15) is 27.7 Å². The quantitative estimate of drug-likeness (QED) is 0.819. The number of ether oxygens (including phenoxy) is 1. The first-order valence-electron chi connectivity index (χ1n) is 6.14. The molecule has 102 valence electrons. The van der Waals surface area contributed by atoms with Crippen molar-refractivity contribution < 1.29 is 18.8 Å². The summed E-state index contributed by atoms with van der Waals surface area (Å²) < 4.78 is 16.6. The van der Waals surface area contributed by atoms with E-state index in [1.807, 2.05) is 27.7 Å². The molecule has 1 aromatic carbocycles. The van der Waals surface area contributed by atoms with Gasteiger partial charge in [0.1, 0.15) is 5.75 Å². The van der Waals surface area contributed by atoms with Crippen molar-refractivity contribution in [3.63, 3.8) is 0 Å². The average molecular weight is 263 g/mol. The van der Waals surface area contributed by atoms with Crippen LogP contribution in [-0.4, -0.2) is 24.4 Å². The molecule has 1 saturated heterocycles. The number of nitrogens with two attached hydrogens (primary N) is 1. The Labute approximate surface area is 113 Å². The summed E-state index contributed by atoms with van der Waals surface area (Å²) in [6.07, 6.45) is -0.830. The fourth-order valence-corrected chi connectivity index (χ4v) is 1.79. The van der Waals surface area contributed by atoms with Crippen LogP contribution in [0, 0.1) is 0 Å². The van der Waals surface area contributed by atoms with Gasteiger partial charge in [0.25, 0.3) is 0 Å². The van der Waals surface area contributed by atoms with Gasteiger partial charge in [0.15, 0.2) is 0 Å². The van der Waals surface area contributed by atoms with Crippen molar-refractivity contribution in [2.45, 2.75) is 38.9 Å². The first kappa shape index (κ1) is 13.9. The third-order valence-electron chi connectivity index (χ3n) is 3.62. The molecule has 0 radical (unpaired) electrons. The molecule has 2 N–H and O–H groups in total. The second-order valence-electron chi connectivity index (χ2n) is 5.58. The third-order valence-corrected chi connectivity index (χ3v) is 3.62. The molecule has 1 aliphatic heterocycles. The molecular formula is C13H18BNO4. The zero-order valence-electron chi connectivity index (χ0n) is 11.6. The van der Waals surface area contributed by atoms with Crippen molar-refractivity contribution >= 4 is 18.7 Å². The van der Waals surface area contributed by atoms with Crippen LogP contribution < -0.4 is 15.9 Å². The van der Waals surface area contributed by atoms with E-state index in [4.69, 9.17) is 19.8 Å². The summed E-state index contributed by atoms with van der Waals surface area (Å²) in [5, 5.41) is 0. The number of amides is 1. The Kier molecular flexibility index (Phi) is 3.32. The molecule has 5 nitrogen and oxygen atoms in total. The summed E-state index contributed by atoms with van der Waals surface area (Å²) in [7, 11) is -0.423. The van der Waals surface area contributed by atoms with Crippen molar-refractivity contribution in [1.29, 1.82) is 0 Å². The predicted molar refractivity (Wildman–Crippen MR) is 72.4 cm³/mol.